The molecular formula is C21H18N2O3. The van der Waals surface area contributed by atoms with Crippen LogP contribution < -0.4 is 0 Å². The van der Waals surface area contributed by atoms with Crippen molar-refractivity contribution in [2.45, 2.75) is 20.0 Å². The Morgan fingerprint density at radius 2 is 1.96 bits per heavy atom. The molecule has 0 spiro atoms. The van der Waals surface area contributed by atoms with Crippen LogP contribution in [0, 0.1) is 6.92 Å². The van der Waals surface area contributed by atoms with Gasteiger partial charge in [-0.1, -0.05) is 11.6 Å². The Bertz CT molecular complexity index is 1020. The van der Waals surface area contributed by atoms with Crippen LogP contribution in [0.3, 0.4) is 0 Å². The van der Waals surface area contributed by atoms with Crippen LogP contribution in [0.15, 0.2) is 76.0 Å². The number of pyridine rings is 1. The normalized spacial score (nSPS) is 11.0. The molecule has 0 saturated carbocycles. The van der Waals surface area contributed by atoms with E-state index in [9.17, 15) is 4.79 Å². The van der Waals surface area contributed by atoms with E-state index in [4.69, 9.17) is 8.83 Å². The Labute approximate surface area is 150 Å². The molecule has 0 fully saturated rings. The van der Waals surface area contributed by atoms with Crippen LogP contribution in [0.4, 0.5) is 0 Å². The van der Waals surface area contributed by atoms with Gasteiger partial charge in [-0.15, -0.1) is 0 Å². The predicted octanol–water partition coefficient (Wildman–Crippen LogP) is 4.57. The van der Waals surface area contributed by atoms with Gasteiger partial charge in [-0.25, -0.2) is 0 Å². The smallest absolute Gasteiger partial charge is 0.256 e. The van der Waals surface area contributed by atoms with Crippen LogP contribution in [0.2, 0.25) is 0 Å². The molecule has 0 bridgehead atoms. The van der Waals surface area contributed by atoms with Crippen LogP contribution in [0.1, 0.15) is 27.4 Å². The highest BCUT2D eigenvalue weighted by Gasteiger charge is 2.19. The number of benzene rings is 1. The predicted molar refractivity (Wildman–Crippen MR) is 97.5 cm³/mol. The molecule has 130 valence electrons. The molecule has 4 aromatic rings. The van der Waals surface area contributed by atoms with Gasteiger partial charge < -0.3 is 13.7 Å². The molecule has 3 heterocycles. The zero-order valence-corrected chi connectivity index (χ0v) is 14.4. The second-order valence-corrected chi connectivity index (χ2v) is 6.24. The number of carbonyl (C=O) groups is 1. The summed E-state index contributed by atoms with van der Waals surface area (Å²) < 4.78 is 11.3. The van der Waals surface area contributed by atoms with E-state index in [0.717, 1.165) is 16.7 Å². The van der Waals surface area contributed by atoms with Gasteiger partial charge >= 0.3 is 0 Å². The second kappa shape index (κ2) is 6.88. The second-order valence-electron chi connectivity index (χ2n) is 6.24. The van der Waals surface area contributed by atoms with Crippen LogP contribution in [0.5, 0.6) is 0 Å². The first-order chi connectivity index (χ1) is 12.7. The Hall–Kier alpha value is -3.34. The number of amides is 1. The Balaban J connectivity index is 1.64. The van der Waals surface area contributed by atoms with Crippen molar-refractivity contribution in [3.63, 3.8) is 0 Å². The van der Waals surface area contributed by atoms with Crippen LogP contribution in [-0.2, 0) is 13.1 Å². The number of rotatable bonds is 5. The van der Waals surface area contributed by atoms with Gasteiger partial charge in [0.15, 0.2) is 0 Å². The quantitative estimate of drug-likeness (QED) is 0.531. The molecule has 0 saturated heterocycles. The number of nitrogens with zero attached hydrogens (tertiary/aromatic N) is 2. The number of aromatic nitrogens is 1. The van der Waals surface area contributed by atoms with Crippen molar-refractivity contribution in [3.05, 3.63) is 89.8 Å². The summed E-state index contributed by atoms with van der Waals surface area (Å²) in [5, 5.41) is 1.03. The lowest BCUT2D eigenvalue weighted by Gasteiger charge is -2.20. The van der Waals surface area contributed by atoms with E-state index in [0.29, 0.717) is 24.4 Å². The summed E-state index contributed by atoms with van der Waals surface area (Å²) >= 11 is 0. The van der Waals surface area contributed by atoms with Gasteiger partial charge in [0, 0.05) is 17.8 Å². The van der Waals surface area contributed by atoms with Crippen molar-refractivity contribution in [2.24, 2.45) is 0 Å². The average Bonchev–Trinajstić information content (AvgIpc) is 3.30. The fourth-order valence-electron chi connectivity index (χ4n) is 2.95. The zero-order valence-electron chi connectivity index (χ0n) is 14.4. The van der Waals surface area contributed by atoms with Gasteiger partial charge in [0.25, 0.3) is 5.91 Å². The van der Waals surface area contributed by atoms with E-state index in [2.05, 4.69) is 11.1 Å². The van der Waals surface area contributed by atoms with E-state index in [1.807, 2.05) is 37.3 Å². The lowest BCUT2D eigenvalue weighted by atomic mass is 10.2. The molecule has 0 atom stereocenters. The number of aryl methyl sites for hydroxylation is 1. The minimum atomic E-state index is -0.119. The first-order valence-corrected chi connectivity index (χ1v) is 8.40. The van der Waals surface area contributed by atoms with E-state index in [-0.39, 0.29) is 5.91 Å². The molecule has 1 amide bonds. The summed E-state index contributed by atoms with van der Waals surface area (Å²) in [5.74, 6) is 1.33. The molecule has 26 heavy (non-hydrogen) atoms. The fourth-order valence-corrected chi connectivity index (χ4v) is 2.95. The monoisotopic (exact) mass is 346 g/mol. The summed E-state index contributed by atoms with van der Waals surface area (Å²) in [6.45, 7) is 2.75. The van der Waals surface area contributed by atoms with Gasteiger partial charge in [-0.2, -0.15) is 0 Å². The Morgan fingerprint density at radius 1 is 1.08 bits per heavy atom. The molecule has 0 aliphatic carbocycles. The van der Waals surface area contributed by atoms with Crippen LogP contribution in [-0.4, -0.2) is 15.8 Å². The van der Waals surface area contributed by atoms with Gasteiger partial charge in [0.2, 0.25) is 0 Å². The Morgan fingerprint density at radius 3 is 2.73 bits per heavy atom. The van der Waals surface area contributed by atoms with Crippen molar-refractivity contribution < 1.29 is 13.6 Å². The molecule has 0 aliphatic rings. The van der Waals surface area contributed by atoms with E-state index in [1.165, 1.54) is 5.56 Å². The van der Waals surface area contributed by atoms with Crippen molar-refractivity contribution >= 4 is 16.9 Å². The third kappa shape index (κ3) is 3.37. The highest BCUT2D eigenvalue weighted by molar-refractivity contribution is 5.93. The van der Waals surface area contributed by atoms with Crippen molar-refractivity contribution in [1.29, 1.82) is 0 Å². The molecular weight excluding hydrogens is 328 g/mol. The standard InChI is InChI=1S/C21H18N2O3/c1-15-6-7-20-17(10-15)11-19(26-20)14-23(13-18-5-3-9-25-18)21(24)16-4-2-8-22-12-16/h2-12H,13-14H2,1H3. The largest absolute Gasteiger partial charge is 0.467 e. The number of fused-ring (bicyclic) bond motifs is 1. The van der Waals surface area contributed by atoms with Crippen molar-refractivity contribution in [2.75, 3.05) is 0 Å². The van der Waals surface area contributed by atoms with Crippen LogP contribution in [0.25, 0.3) is 11.0 Å². The minimum Gasteiger partial charge on any atom is -0.467 e. The first kappa shape index (κ1) is 16.1. The molecule has 0 unspecified atom stereocenters. The summed E-state index contributed by atoms with van der Waals surface area (Å²) in [6, 6.07) is 15.2. The summed E-state index contributed by atoms with van der Waals surface area (Å²) in [6.07, 6.45) is 4.82. The van der Waals surface area contributed by atoms with E-state index in [1.54, 1.807) is 35.7 Å². The zero-order chi connectivity index (χ0) is 17.9. The van der Waals surface area contributed by atoms with Crippen molar-refractivity contribution in [3.8, 4) is 0 Å². The number of hydrogen-bond acceptors (Lipinski definition) is 4. The first-order valence-electron chi connectivity index (χ1n) is 8.40. The van der Waals surface area contributed by atoms with Crippen LogP contribution >= 0.6 is 0 Å². The third-order valence-corrected chi connectivity index (χ3v) is 4.19. The molecule has 3 aromatic heterocycles. The molecule has 4 rings (SSSR count). The Kier molecular flexibility index (Phi) is 4.27. The van der Waals surface area contributed by atoms with E-state index >= 15 is 0 Å². The minimum absolute atomic E-state index is 0.119. The maximum Gasteiger partial charge on any atom is 0.256 e. The molecule has 5 nitrogen and oxygen atoms in total. The SMILES string of the molecule is Cc1ccc2oc(CN(Cc3ccco3)C(=O)c3cccnc3)cc2c1. The lowest BCUT2D eigenvalue weighted by Crippen LogP contribution is -2.29. The molecule has 0 N–H and O–H groups in total. The van der Waals surface area contributed by atoms with Gasteiger partial charge in [-0.3, -0.25) is 9.78 Å². The number of carbonyl (C=O) groups excluding carboxylic acids is 1. The molecule has 0 aliphatic heterocycles. The van der Waals surface area contributed by atoms with E-state index < -0.39 is 0 Å². The summed E-state index contributed by atoms with van der Waals surface area (Å²) in [5.41, 5.74) is 2.52. The summed E-state index contributed by atoms with van der Waals surface area (Å²) in [4.78, 5) is 18.7. The maximum absolute atomic E-state index is 12.9. The topological polar surface area (TPSA) is 59.5 Å². The highest BCUT2D eigenvalue weighted by atomic mass is 16.3. The summed E-state index contributed by atoms with van der Waals surface area (Å²) in [7, 11) is 0. The van der Waals surface area contributed by atoms with Crippen molar-refractivity contribution in [1.82, 2.24) is 9.88 Å². The molecule has 0 radical (unpaired) electrons. The number of hydrogen-bond donors (Lipinski definition) is 0. The van der Waals surface area contributed by atoms with Gasteiger partial charge in [0.1, 0.15) is 17.1 Å². The molecule has 1 aromatic carbocycles. The fraction of sp³-hybridized carbons (Fsp3) is 0.143. The van der Waals surface area contributed by atoms with Gasteiger partial charge in [0.05, 0.1) is 24.9 Å². The third-order valence-electron chi connectivity index (χ3n) is 4.19. The average molecular weight is 346 g/mol. The van der Waals surface area contributed by atoms with Gasteiger partial charge in [-0.05, 0) is 49.4 Å². The lowest BCUT2D eigenvalue weighted by molar-refractivity contribution is 0.0705. The maximum atomic E-state index is 12.9. The number of furan rings is 2. The molecule has 5 heteroatoms. The highest BCUT2D eigenvalue weighted by Crippen LogP contribution is 2.23.